The highest BCUT2D eigenvalue weighted by molar-refractivity contribution is 6.00. The van der Waals surface area contributed by atoms with Crippen LogP contribution in [0.3, 0.4) is 0 Å². The summed E-state index contributed by atoms with van der Waals surface area (Å²) in [5.74, 6) is -1.09. The predicted octanol–water partition coefficient (Wildman–Crippen LogP) is 7.27. The Morgan fingerprint density at radius 1 is 1.02 bits per heavy atom. The van der Waals surface area contributed by atoms with Gasteiger partial charge in [0.15, 0.2) is 23.4 Å². The Kier molecular flexibility index (Phi) is 9.88. The van der Waals surface area contributed by atoms with E-state index in [-0.39, 0.29) is 23.0 Å². The standard InChI is InChI=1S/C31H40FN3O7/c1-10-39-25-16-20(11-12-24(25)40-18(2)3)26(28(36)37)34-23-15-19-13-14-33-27(21(19)17-22(23)32)35(42-31(7,8)9)29(38)41-30(4,5)6/h11-18,26,34H,10H2,1-9H3,(H,36,37). The van der Waals surface area contributed by atoms with Crippen LogP contribution < -0.4 is 19.9 Å². The van der Waals surface area contributed by atoms with E-state index in [4.69, 9.17) is 19.0 Å². The average molecular weight is 586 g/mol. The van der Waals surface area contributed by atoms with E-state index in [1.54, 1.807) is 65.8 Å². The predicted molar refractivity (Wildman–Crippen MR) is 159 cm³/mol. The van der Waals surface area contributed by atoms with Crippen molar-refractivity contribution in [3.05, 3.63) is 54.0 Å². The number of aromatic nitrogens is 1. The van der Waals surface area contributed by atoms with Gasteiger partial charge in [-0.15, -0.1) is 5.06 Å². The van der Waals surface area contributed by atoms with Crippen molar-refractivity contribution in [1.82, 2.24) is 4.98 Å². The number of benzene rings is 2. The molecule has 228 valence electrons. The van der Waals surface area contributed by atoms with Gasteiger partial charge in [0.2, 0.25) is 0 Å². The fourth-order valence-corrected chi connectivity index (χ4v) is 3.96. The van der Waals surface area contributed by atoms with Gasteiger partial charge in [0.25, 0.3) is 0 Å². The van der Waals surface area contributed by atoms with E-state index in [0.29, 0.717) is 29.1 Å². The van der Waals surface area contributed by atoms with Crippen molar-refractivity contribution < 1.29 is 38.1 Å². The number of carboxylic acids is 1. The van der Waals surface area contributed by atoms with Crippen LogP contribution in [0.15, 0.2) is 42.6 Å². The minimum absolute atomic E-state index is 0.0269. The normalized spacial score (nSPS) is 12.6. The Balaban J connectivity index is 2.05. The fraction of sp³-hybridized carbons (Fsp3) is 0.452. The molecule has 0 radical (unpaired) electrons. The average Bonchev–Trinajstić information content (AvgIpc) is 2.85. The summed E-state index contributed by atoms with van der Waals surface area (Å²) in [5, 5.41) is 14.5. The van der Waals surface area contributed by atoms with Gasteiger partial charge in [0, 0.05) is 11.6 Å². The summed E-state index contributed by atoms with van der Waals surface area (Å²) < 4.78 is 32.6. The Morgan fingerprint density at radius 2 is 1.71 bits per heavy atom. The molecule has 1 amide bonds. The summed E-state index contributed by atoms with van der Waals surface area (Å²) in [6.07, 6.45) is 0.509. The highest BCUT2D eigenvalue weighted by atomic mass is 19.1. The van der Waals surface area contributed by atoms with E-state index in [1.807, 2.05) is 20.8 Å². The number of hydrogen-bond donors (Lipinski definition) is 2. The number of fused-ring (bicyclic) bond motifs is 1. The van der Waals surface area contributed by atoms with Gasteiger partial charge in [-0.25, -0.2) is 19.0 Å². The first-order valence-electron chi connectivity index (χ1n) is 13.7. The van der Waals surface area contributed by atoms with Crippen molar-refractivity contribution in [2.24, 2.45) is 0 Å². The molecule has 3 aromatic rings. The highest BCUT2D eigenvalue weighted by Crippen LogP contribution is 2.35. The molecule has 0 fully saturated rings. The van der Waals surface area contributed by atoms with Crippen LogP contribution in [0, 0.1) is 5.82 Å². The molecule has 0 saturated heterocycles. The van der Waals surface area contributed by atoms with Crippen LogP contribution in [0.5, 0.6) is 11.5 Å². The van der Waals surface area contributed by atoms with Crippen LogP contribution >= 0.6 is 0 Å². The lowest BCUT2D eigenvalue weighted by Crippen LogP contribution is -2.42. The summed E-state index contributed by atoms with van der Waals surface area (Å²) in [6.45, 7) is 16.3. The Labute approximate surface area is 245 Å². The van der Waals surface area contributed by atoms with Crippen molar-refractivity contribution in [3.63, 3.8) is 0 Å². The molecule has 2 aromatic carbocycles. The Morgan fingerprint density at radius 3 is 2.29 bits per heavy atom. The molecule has 1 unspecified atom stereocenters. The number of pyridine rings is 1. The topological polar surface area (TPSA) is 119 Å². The largest absolute Gasteiger partial charge is 0.490 e. The molecule has 1 aromatic heterocycles. The zero-order valence-electron chi connectivity index (χ0n) is 25.6. The number of nitrogens with zero attached hydrogens (tertiary/aromatic N) is 2. The minimum atomic E-state index is -1.31. The highest BCUT2D eigenvalue weighted by Gasteiger charge is 2.31. The van der Waals surface area contributed by atoms with Crippen LogP contribution in [-0.4, -0.2) is 46.1 Å². The number of carbonyl (C=O) groups is 2. The van der Waals surface area contributed by atoms with Crippen molar-refractivity contribution in [3.8, 4) is 11.5 Å². The first kappa shape index (κ1) is 32.4. The SMILES string of the molecule is CCOc1cc(C(Nc2cc3ccnc(N(OC(C)(C)C)C(=O)OC(C)(C)C)c3cc2F)C(=O)O)ccc1OC(C)C. The second-order valence-corrected chi connectivity index (χ2v) is 11.9. The molecule has 0 saturated carbocycles. The van der Waals surface area contributed by atoms with Crippen molar-refractivity contribution in [1.29, 1.82) is 0 Å². The van der Waals surface area contributed by atoms with E-state index >= 15 is 4.39 Å². The third-order valence-corrected chi connectivity index (χ3v) is 5.46. The van der Waals surface area contributed by atoms with Crippen LogP contribution in [0.1, 0.15) is 73.9 Å². The number of halogens is 1. The van der Waals surface area contributed by atoms with Crippen molar-refractivity contribution in [2.75, 3.05) is 17.0 Å². The first-order valence-corrected chi connectivity index (χ1v) is 13.7. The van der Waals surface area contributed by atoms with Crippen LogP contribution in [0.4, 0.5) is 20.7 Å². The maximum Gasteiger partial charge on any atom is 0.440 e. The van der Waals surface area contributed by atoms with E-state index < -0.39 is 35.1 Å². The summed E-state index contributed by atoms with van der Waals surface area (Å²) in [4.78, 5) is 35.6. The second-order valence-electron chi connectivity index (χ2n) is 11.9. The Bertz CT molecular complexity index is 1430. The van der Waals surface area contributed by atoms with Crippen LogP contribution in [0.2, 0.25) is 0 Å². The first-order chi connectivity index (χ1) is 19.5. The van der Waals surface area contributed by atoms with Gasteiger partial charge in [-0.3, -0.25) is 4.84 Å². The number of ether oxygens (including phenoxy) is 3. The number of aliphatic carboxylic acids is 1. The van der Waals surface area contributed by atoms with Gasteiger partial charge in [-0.05, 0) is 104 Å². The summed E-state index contributed by atoms with van der Waals surface area (Å²) >= 11 is 0. The lowest BCUT2D eigenvalue weighted by molar-refractivity contribution is -0.138. The monoisotopic (exact) mass is 585 g/mol. The van der Waals surface area contributed by atoms with Gasteiger partial charge in [0.05, 0.1) is 24.0 Å². The number of nitrogens with one attached hydrogen (secondary N) is 1. The molecule has 1 atom stereocenters. The molecule has 1 heterocycles. The Hall–Kier alpha value is -4.12. The van der Waals surface area contributed by atoms with Gasteiger partial charge < -0.3 is 24.6 Å². The number of anilines is 2. The fourth-order valence-electron chi connectivity index (χ4n) is 3.96. The molecule has 0 aliphatic carbocycles. The number of carboxylic acid groups (broad SMARTS) is 1. The molecule has 42 heavy (non-hydrogen) atoms. The molecule has 2 N–H and O–H groups in total. The van der Waals surface area contributed by atoms with Crippen LogP contribution in [0.25, 0.3) is 10.8 Å². The molecular weight excluding hydrogens is 545 g/mol. The van der Waals surface area contributed by atoms with Crippen molar-refractivity contribution >= 4 is 34.3 Å². The lowest BCUT2D eigenvalue weighted by Gasteiger charge is -2.31. The molecule has 11 heteroatoms. The minimum Gasteiger partial charge on any atom is -0.490 e. The van der Waals surface area contributed by atoms with E-state index in [1.165, 1.54) is 18.3 Å². The molecular formula is C31H40FN3O7. The molecule has 10 nitrogen and oxygen atoms in total. The van der Waals surface area contributed by atoms with Crippen LogP contribution in [-0.2, 0) is 14.4 Å². The van der Waals surface area contributed by atoms with Gasteiger partial charge in [-0.2, -0.15) is 0 Å². The van der Waals surface area contributed by atoms with Gasteiger partial charge in [-0.1, -0.05) is 6.07 Å². The summed E-state index contributed by atoms with van der Waals surface area (Å²) in [6, 6.07) is 7.73. The number of amides is 1. The van der Waals surface area contributed by atoms with E-state index in [2.05, 4.69) is 10.3 Å². The van der Waals surface area contributed by atoms with Gasteiger partial charge >= 0.3 is 12.1 Å². The molecule has 3 rings (SSSR count). The number of hydroxylamine groups is 1. The van der Waals surface area contributed by atoms with Gasteiger partial charge in [0.1, 0.15) is 11.4 Å². The van der Waals surface area contributed by atoms with E-state index in [9.17, 15) is 14.7 Å². The smallest absolute Gasteiger partial charge is 0.440 e. The number of carbonyl (C=O) groups excluding carboxylic acids is 1. The summed E-state index contributed by atoms with van der Waals surface area (Å²) in [5.41, 5.74) is -1.36. The molecule has 0 spiro atoms. The molecule has 0 aliphatic rings. The quantitative estimate of drug-likeness (QED) is 0.237. The third-order valence-electron chi connectivity index (χ3n) is 5.46. The maximum absolute atomic E-state index is 15.6. The second kappa shape index (κ2) is 12.8. The number of rotatable bonds is 10. The zero-order valence-corrected chi connectivity index (χ0v) is 25.6. The van der Waals surface area contributed by atoms with E-state index in [0.717, 1.165) is 5.06 Å². The third kappa shape index (κ3) is 8.45. The van der Waals surface area contributed by atoms with Crippen molar-refractivity contribution in [2.45, 2.75) is 85.7 Å². The zero-order chi connectivity index (χ0) is 31.4. The number of hydrogen-bond acceptors (Lipinski definition) is 8. The maximum atomic E-state index is 15.6. The lowest BCUT2D eigenvalue weighted by atomic mass is 10.0. The molecule has 0 bridgehead atoms. The summed E-state index contributed by atoms with van der Waals surface area (Å²) in [7, 11) is 0. The molecule has 0 aliphatic heterocycles.